The van der Waals surface area contributed by atoms with Gasteiger partial charge in [0.15, 0.2) is 0 Å². The van der Waals surface area contributed by atoms with Crippen LogP contribution in [0.5, 0.6) is 0 Å². The highest BCUT2D eigenvalue weighted by Crippen LogP contribution is 2.13. The van der Waals surface area contributed by atoms with E-state index < -0.39 is 8.07 Å². The molecule has 0 amide bonds. The van der Waals surface area contributed by atoms with Crippen LogP contribution in [0.1, 0.15) is 6.92 Å². The van der Waals surface area contributed by atoms with Gasteiger partial charge in [-0.2, -0.15) is 0 Å². The minimum atomic E-state index is -0.925. The van der Waals surface area contributed by atoms with Crippen LogP contribution < -0.4 is 0 Å². The van der Waals surface area contributed by atoms with Crippen LogP contribution in [0.2, 0.25) is 19.6 Å². The lowest BCUT2D eigenvalue weighted by molar-refractivity contribution is 1.50. The molecule has 0 bridgehead atoms. The second kappa shape index (κ2) is 3.76. The normalized spacial score (nSPS) is 14.1. The Morgan fingerprint density at radius 1 is 1.44 bits per heavy atom. The molecular formula is C7H15ISi. The van der Waals surface area contributed by atoms with Gasteiger partial charge >= 0.3 is 0 Å². The van der Waals surface area contributed by atoms with Gasteiger partial charge < -0.3 is 0 Å². The van der Waals surface area contributed by atoms with Crippen LogP contribution in [0, 0.1) is 0 Å². The highest BCUT2D eigenvalue weighted by Gasteiger charge is 2.13. The molecule has 0 fully saturated rings. The second-order valence-electron chi connectivity index (χ2n) is 3.29. The van der Waals surface area contributed by atoms with Gasteiger partial charge in [0.2, 0.25) is 0 Å². The fourth-order valence-corrected chi connectivity index (χ4v) is 2.21. The zero-order valence-corrected chi connectivity index (χ0v) is 9.82. The van der Waals surface area contributed by atoms with E-state index in [4.69, 9.17) is 0 Å². The van der Waals surface area contributed by atoms with Crippen molar-refractivity contribution in [2.75, 3.05) is 4.43 Å². The Morgan fingerprint density at radius 3 is 2.00 bits per heavy atom. The molecule has 0 spiro atoms. The SMILES string of the molecule is CC(=CCI)[Si](C)(C)C. The molecule has 0 aromatic carbocycles. The zero-order valence-electron chi connectivity index (χ0n) is 6.66. The molecule has 0 rings (SSSR count). The van der Waals surface area contributed by atoms with Gasteiger partial charge in [0.25, 0.3) is 0 Å². The first-order valence-electron chi connectivity index (χ1n) is 3.21. The molecule has 0 aliphatic carbocycles. The van der Waals surface area contributed by atoms with Crippen LogP contribution in [-0.4, -0.2) is 12.5 Å². The molecule has 0 saturated heterocycles. The molecule has 0 radical (unpaired) electrons. The largest absolute Gasteiger partial charge is 0.0872 e. The Labute approximate surface area is 72.9 Å². The zero-order chi connectivity index (χ0) is 7.49. The first-order chi connectivity index (χ1) is 3.98. The van der Waals surface area contributed by atoms with Crippen LogP contribution in [0.3, 0.4) is 0 Å². The molecule has 0 atom stereocenters. The highest BCUT2D eigenvalue weighted by atomic mass is 127. The summed E-state index contributed by atoms with van der Waals surface area (Å²) >= 11 is 2.39. The van der Waals surface area contributed by atoms with Crippen molar-refractivity contribution in [2.45, 2.75) is 26.6 Å². The van der Waals surface area contributed by atoms with Gasteiger partial charge in [-0.15, -0.1) is 0 Å². The predicted octanol–water partition coefficient (Wildman–Crippen LogP) is 3.25. The van der Waals surface area contributed by atoms with Crippen molar-refractivity contribution in [1.29, 1.82) is 0 Å². The van der Waals surface area contributed by atoms with Gasteiger partial charge in [-0.05, 0) is 6.92 Å². The molecule has 0 aliphatic rings. The van der Waals surface area contributed by atoms with E-state index in [9.17, 15) is 0 Å². The smallest absolute Gasteiger partial charge is 0.0716 e. The summed E-state index contributed by atoms with van der Waals surface area (Å²) in [4.78, 5) is 0. The quantitative estimate of drug-likeness (QED) is 0.403. The van der Waals surface area contributed by atoms with Gasteiger partial charge in [-0.3, -0.25) is 0 Å². The summed E-state index contributed by atoms with van der Waals surface area (Å²) in [6, 6.07) is 0. The molecule has 0 unspecified atom stereocenters. The van der Waals surface area contributed by atoms with E-state index in [-0.39, 0.29) is 0 Å². The lowest BCUT2D eigenvalue weighted by Gasteiger charge is -2.16. The summed E-state index contributed by atoms with van der Waals surface area (Å²) in [7, 11) is -0.925. The summed E-state index contributed by atoms with van der Waals surface area (Å²) in [5.74, 6) is 0. The summed E-state index contributed by atoms with van der Waals surface area (Å²) in [5, 5.41) is 1.62. The monoisotopic (exact) mass is 254 g/mol. The Hall–Kier alpha value is 0.687. The van der Waals surface area contributed by atoms with Crippen molar-refractivity contribution in [3.63, 3.8) is 0 Å². The molecule has 0 aromatic heterocycles. The molecule has 0 aliphatic heterocycles. The average molecular weight is 254 g/mol. The fraction of sp³-hybridized carbons (Fsp3) is 0.714. The van der Waals surface area contributed by atoms with E-state index in [1.807, 2.05) is 0 Å². The maximum atomic E-state index is 2.39. The first-order valence-corrected chi connectivity index (χ1v) is 8.24. The summed E-state index contributed by atoms with van der Waals surface area (Å²) < 4.78 is 1.16. The van der Waals surface area contributed by atoms with Gasteiger partial charge in [0.1, 0.15) is 0 Å². The summed E-state index contributed by atoms with van der Waals surface area (Å²) in [6.45, 7) is 9.40. The first kappa shape index (κ1) is 9.69. The lowest BCUT2D eigenvalue weighted by Crippen LogP contribution is -2.21. The molecule has 0 heterocycles. The van der Waals surface area contributed by atoms with E-state index in [2.05, 4.69) is 55.2 Å². The van der Waals surface area contributed by atoms with Crippen LogP contribution >= 0.6 is 22.6 Å². The topological polar surface area (TPSA) is 0 Å². The third kappa shape index (κ3) is 4.14. The minimum Gasteiger partial charge on any atom is -0.0872 e. The maximum absolute atomic E-state index is 2.39. The number of halogens is 1. The van der Waals surface area contributed by atoms with E-state index >= 15 is 0 Å². The molecule has 0 nitrogen and oxygen atoms in total. The van der Waals surface area contributed by atoms with Gasteiger partial charge in [0, 0.05) is 4.43 Å². The predicted molar refractivity (Wildman–Crippen MR) is 56.0 cm³/mol. The third-order valence-corrected chi connectivity index (χ3v) is 4.58. The molecule has 0 N–H and O–H groups in total. The Balaban J connectivity index is 4.03. The van der Waals surface area contributed by atoms with Crippen LogP contribution in [0.15, 0.2) is 11.3 Å². The Kier molecular flexibility index (Phi) is 4.04. The second-order valence-corrected chi connectivity index (χ2v) is 9.46. The van der Waals surface area contributed by atoms with Gasteiger partial charge in [0.05, 0.1) is 8.07 Å². The van der Waals surface area contributed by atoms with E-state index in [0.717, 1.165) is 4.43 Å². The van der Waals surface area contributed by atoms with Crippen LogP contribution in [0.25, 0.3) is 0 Å². The van der Waals surface area contributed by atoms with Crippen LogP contribution in [-0.2, 0) is 0 Å². The summed E-state index contributed by atoms with van der Waals surface area (Å²) in [5.41, 5.74) is 0. The number of alkyl halides is 1. The Morgan fingerprint density at radius 2 is 1.89 bits per heavy atom. The minimum absolute atomic E-state index is 0.925. The van der Waals surface area contributed by atoms with Crippen molar-refractivity contribution in [2.24, 2.45) is 0 Å². The third-order valence-electron chi connectivity index (χ3n) is 1.57. The summed E-state index contributed by atoms with van der Waals surface area (Å²) in [6.07, 6.45) is 2.34. The maximum Gasteiger partial charge on any atom is 0.0716 e. The van der Waals surface area contributed by atoms with Crippen LogP contribution in [0.4, 0.5) is 0 Å². The molecule has 54 valence electrons. The number of allylic oxidation sites excluding steroid dienone is 2. The number of rotatable bonds is 2. The lowest BCUT2D eigenvalue weighted by atomic mass is 10.6. The molecular weight excluding hydrogens is 239 g/mol. The van der Waals surface area contributed by atoms with Crippen molar-refractivity contribution >= 4 is 30.7 Å². The van der Waals surface area contributed by atoms with Crippen molar-refractivity contribution in [3.05, 3.63) is 11.3 Å². The molecule has 0 aromatic rings. The van der Waals surface area contributed by atoms with E-state index in [1.165, 1.54) is 0 Å². The number of hydrogen-bond donors (Lipinski definition) is 0. The van der Waals surface area contributed by atoms with Crippen molar-refractivity contribution < 1.29 is 0 Å². The van der Waals surface area contributed by atoms with Gasteiger partial charge in [-0.25, -0.2) is 0 Å². The highest BCUT2D eigenvalue weighted by molar-refractivity contribution is 14.1. The standard InChI is InChI=1S/C7H15ISi/c1-7(5-6-8)9(2,3)4/h5H,6H2,1-4H3. The molecule has 0 saturated carbocycles. The molecule has 9 heavy (non-hydrogen) atoms. The van der Waals surface area contributed by atoms with E-state index in [1.54, 1.807) is 5.20 Å². The fourth-order valence-electron chi connectivity index (χ4n) is 0.422. The van der Waals surface area contributed by atoms with Crippen molar-refractivity contribution in [3.8, 4) is 0 Å². The molecule has 2 heteroatoms. The Bertz CT molecular complexity index is 111. The average Bonchev–Trinajstić information content (AvgIpc) is 1.64. The van der Waals surface area contributed by atoms with E-state index in [0.29, 0.717) is 0 Å². The number of hydrogen-bond acceptors (Lipinski definition) is 0. The van der Waals surface area contributed by atoms with Crippen molar-refractivity contribution in [1.82, 2.24) is 0 Å². The van der Waals surface area contributed by atoms with Gasteiger partial charge in [-0.1, -0.05) is 53.5 Å².